The SMILES string of the molecule is CCN1CCC(CO)(NC(C)C)CC1. The molecule has 0 aromatic rings. The van der Waals surface area contributed by atoms with E-state index in [9.17, 15) is 5.11 Å². The van der Waals surface area contributed by atoms with E-state index < -0.39 is 0 Å². The lowest BCUT2D eigenvalue weighted by Gasteiger charge is -2.42. The number of aliphatic hydroxyl groups is 1. The first-order valence-electron chi connectivity index (χ1n) is 5.73. The Morgan fingerprint density at radius 2 is 1.93 bits per heavy atom. The number of nitrogens with zero attached hydrogens (tertiary/aromatic N) is 1. The maximum absolute atomic E-state index is 9.47. The molecule has 0 amide bonds. The molecule has 0 aromatic heterocycles. The van der Waals surface area contributed by atoms with E-state index in [1.807, 2.05) is 0 Å². The first-order chi connectivity index (χ1) is 6.62. The highest BCUT2D eigenvalue weighted by molar-refractivity contribution is 4.93. The molecule has 0 spiro atoms. The second-order valence-corrected chi connectivity index (χ2v) is 4.67. The molecule has 0 radical (unpaired) electrons. The van der Waals surface area contributed by atoms with Crippen molar-refractivity contribution in [3.63, 3.8) is 0 Å². The lowest BCUT2D eigenvalue weighted by Crippen LogP contribution is -2.57. The summed E-state index contributed by atoms with van der Waals surface area (Å²) in [6.45, 7) is 10.1. The Kier molecular flexibility index (Phi) is 4.35. The number of likely N-dealkylation sites (tertiary alicyclic amines) is 1. The molecule has 0 aliphatic carbocycles. The van der Waals surface area contributed by atoms with E-state index in [4.69, 9.17) is 0 Å². The Labute approximate surface area is 87.5 Å². The van der Waals surface area contributed by atoms with Crippen LogP contribution in [0.3, 0.4) is 0 Å². The van der Waals surface area contributed by atoms with Gasteiger partial charge in [0.25, 0.3) is 0 Å². The quantitative estimate of drug-likeness (QED) is 0.705. The zero-order chi connectivity index (χ0) is 10.6. The molecule has 1 aliphatic rings. The van der Waals surface area contributed by atoms with Gasteiger partial charge in [0.05, 0.1) is 6.61 Å². The summed E-state index contributed by atoms with van der Waals surface area (Å²) in [5, 5.41) is 13.0. The molecule has 0 aromatic carbocycles. The largest absolute Gasteiger partial charge is 0.394 e. The van der Waals surface area contributed by atoms with Gasteiger partial charge in [-0.3, -0.25) is 0 Å². The van der Waals surface area contributed by atoms with E-state index in [0.29, 0.717) is 6.04 Å². The van der Waals surface area contributed by atoms with Gasteiger partial charge < -0.3 is 15.3 Å². The summed E-state index contributed by atoms with van der Waals surface area (Å²) in [5.74, 6) is 0. The van der Waals surface area contributed by atoms with Crippen molar-refractivity contribution in [2.45, 2.75) is 45.2 Å². The Morgan fingerprint density at radius 3 is 2.29 bits per heavy atom. The lowest BCUT2D eigenvalue weighted by atomic mass is 9.87. The standard InChI is InChI=1S/C11H24N2O/c1-4-13-7-5-11(9-14,6-8-13)12-10(2)3/h10,12,14H,4-9H2,1-3H3. The van der Waals surface area contributed by atoms with E-state index in [2.05, 4.69) is 31.0 Å². The number of rotatable bonds is 4. The minimum absolute atomic E-state index is 0.0141. The minimum Gasteiger partial charge on any atom is -0.394 e. The average molecular weight is 200 g/mol. The molecular weight excluding hydrogens is 176 g/mol. The molecule has 0 atom stereocenters. The smallest absolute Gasteiger partial charge is 0.0614 e. The van der Waals surface area contributed by atoms with Crippen LogP contribution in [0.25, 0.3) is 0 Å². The molecular formula is C11H24N2O. The molecule has 14 heavy (non-hydrogen) atoms. The lowest BCUT2D eigenvalue weighted by molar-refractivity contribution is 0.0749. The number of aliphatic hydroxyl groups excluding tert-OH is 1. The van der Waals surface area contributed by atoms with Crippen LogP contribution in [0.4, 0.5) is 0 Å². The normalized spacial score (nSPS) is 22.9. The second-order valence-electron chi connectivity index (χ2n) is 4.67. The first-order valence-corrected chi connectivity index (χ1v) is 5.73. The van der Waals surface area contributed by atoms with Gasteiger partial charge in [0.1, 0.15) is 0 Å². The van der Waals surface area contributed by atoms with Gasteiger partial charge in [0.2, 0.25) is 0 Å². The monoisotopic (exact) mass is 200 g/mol. The Hall–Kier alpha value is -0.120. The Bertz CT molecular complexity index is 163. The van der Waals surface area contributed by atoms with E-state index in [1.54, 1.807) is 0 Å². The van der Waals surface area contributed by atoms with Gasteiger partial charge in [0.15, 0.2) is 0 Å². The van der Waals surface area contributed by atoms with Crippen LogP contribution in [0.2, 0.25) is 0 Å². The molecule has 2 N–H and O–H groups in total. The molecule has 3 heteroatoms. The van der Waals surface area contributed by atoms with Crippen LogP contribution in [0.15, 0.2) is 0 Å². The molecule has 1 aliphatic heterocycles. The van der Waals surface area contributed by atoms with Crippen molar-refractivity contribution in [2.24, 2.45) is 0 Å². The van der Waals surface area contributed by atoms with Crippen molar-refractivity contribution in [1.82, 2.24) is 10.2 Å². The maximum Gasteiger partial charge on any atom is 0.0614 e. The van der Waals surface area contributed by atoms with Crippen LogP contribution in [0.1, 0.15) is 33.6 Å². The van der Waals surface area contributed by atoms with Crippen LogP contribution >= 0.6 is 0 Å². The second kappa shape index (κ2) is 5.10. The van der Waals surface area contributed by atoms with Crippen molar-refractivity contribution in [1.29, 1.82) is 0 Å². The summed E-state index contributed by atoms with van der Waals surface area (Å²) in [6, 6.07) is 0.454. The molecule has 1 rings (SSSR count). The topological polar surface area (TPSA) is 35.5 Å². The summed E-state index contributed by atoms with van der Waals surface area (Å²) in [4.78, 5) is 2.44. The minimum atomic E-state index is -0.0141. The molecule has 1 fully saturated rings. The molecule has 0 unspecified atom stereocenters. The molecule has 84 valence electrons. The third kappa shape index (κ3) is 2.94. The van der Waals surface area contributed by atoms with Crippen LogP contribution < -0.4 is 5.32 Å². The zero-order valence-electron chi connectivity index (χ0n) is 9.71. The highest BCUT2D eigenvalue weighted by Crippen LogP contribution is 2.22. The Balaban J connectivity index is 2.48. The number of nitrogens with one attached hydrogen (secondary N) is 1. The predicted octanol–water partition coefficient (Wildman–Crippen LogP) is 0.831. The number of hydrogen-bond acceptors (Lipinski definition) is 3. The van der Waals surface area contributed by atoms with Gasteiger partial charge in [-0.1, -0.05) is 20.8 Å². The van der Waals surface area contributed by atoms with Gasteiger partial charge in [-0.15, -0.1) is 0 Å². The molecule has 1 saturated heterocycles. The third-order valence-electron chi connectivity index (χ3n) is 3.16. The van der Waals surface area contributed by atoms with Crippen molar-refractivity contribution >= 4 is 0 Å². The fraction of sp³-hybridized carbons (Fsp3) is 1.00. The van der Waals surface area contributed by atoms with Gasteiger partial charge >= 0.3 is 0 Å². The van der Waals surface area contributed by atoms with Gasteiger partial charge in [-0.05, 0) is 32.5 Å². The van der Waals surface area contributed by atoms with Crippen LogP contribution in [-0.4, -0.2) is 47.8 Å². The summed E-state index contributed by atoms with van der Waals surface area (Å²) in [5.41, 5.74) is -0.0141. The van der Waals surface area contributed by atoms with Crippen molar-refractivity contribution in [3.05, 3.63) is 0 Å². The van der Waals surface area contributed by atoms with Crippen molar-refractivity contribution < 1.29 is 5.11 Å². The number of piperidine rings is 1. The van der Waals surface area contributed by atoms with Gasteiger partial charge in [-0.2, -0.15) is 0 Å². The van der Waals surface area contributed by atoms with E-state index in [1.165, 1.54) is 0 Å². The fourth-order valence-electron chi connectivity index (χ4n) is 2.26. The van der Waals surface area contributed by atoms with Gasteiger partial charge in [0, 0.05) is 11.6 Å². The molecule has 3 nitrogen and oxygen atoms in total. The van der Waals surface area contributed by atoms with Crippen molar-refractivity contribution in [3.8, 4) is 0 Å². The number of hydrogen-bond donors (Lipinski definition) is 2. The summed E-state index contributed by atoms with van der Waals surface area (Å²) in [6.07, 6.45) is 2.13. The third-order valence-corrected chi connectivity index (χ3v) is 3.16. The van der Waals surface area contributed by atoms with E-state index in [-0.39, 0.29) is 12.1 Å². The van der Waals surface area contributed by atoms with Crippen LogP contribution in [-0.2, 0) is 0 Å². The van der Waals surface area contributed by atoms with Gasteiger partial charge in [-0.25, -0.2) is 0 Å². The van der Waals surface area contributed by atoms with Crippen LogP contribution in [0.5, 0.6) is 0 Å². The van der Waals surface area contributed by atoms with Crippen molar-refractivity contribution in [2.75, 3.05) is 26.2 Å². The first kappa shape index (κ1) is 12.0. The zero-order valence-corrected chi connectivity index (χ0v) is 9.71. The molecule has 1 heterocycles. The average Bonchev–Trinajstić information content (AvgIpc) is 2.18. The Morgan fingerprint density at radius 1 is 1.36 bits per heavy atom. The van der Waals surface area contributed by atoms with E-state index >= 15 is 0 Å². The molecule has 0 bridgehead atoms. The fourth-order valence-corrected chi connectivity index (χ4v) is 2.26. The molecule has 0 saturated carbocycles. The predicted molar refractivity (Wildman–Crippen MR) is 59.4 cm³/mol. The highest BCUT2D eigenvalue weighted by atomic mass is 16.3. The summed E-state index contributed by atoms with van der Waals surface area (Å²) in [7, 11) is 0. The highest BCUT2D eigenvalue weighted by Gasteiger charge is 2.33. The summed E-state index contributed by atoms with van der Waals surface area (Å²) < 4.78 is 0. The van der Waals surface area contributed by atoms with Crippen LogP contribution in [0, 0.1) is 0 Å². The summed E-state index contributed by atoms with van der Waals surface area (Å²) >= 11 is 0. The maximum atomic E-state index is 9.47. The van der Waals surface area contributed by atoms with E-state index in [0.717, 1.165) is 32.5 Å².